The molecule has 6 heteroatoms. The number of hydrogen-bond donors (Lipinski definition) is 1. The van der Waals surface area contributed by atoms with Crippen LogP contribution in [0.1, 0.15) is 71.3 Å². The Kier molecular flexibility index (Phi) is 6.83. The van der Waals surface area contributed by atoms with Crippen LogP contribution >= 0.6 is 0 Å². The molecule has 0 aromatic heterocycles. The van der Waals surface area contributed by atoms with Gasteiger partial charge in [-0.05, 0) is 67.8 Å². The standard InChI is InChI=1S/C27H39N3O3/c1-4-26(2,3)22-10-14-27(15-11-22)24(32)30(25(33)28-27)19-23(31)29-16-12-21(13-17-29)18-20-8-6-5-7-9-20/h5-9,21-22H,4,10-19H2,1-3H3,(H,28,33). The van der Waals surface area contributed by atoms with E-state index in [0.717, 1.165) is 38.5 Å². The summed E-state index contributed by atoms with van der Waals surface area (Å²) >= 11 is 0. The van der Waals surface area contributed by atoms with E-state index in [0.29, 0.717) is 37.8 Å². The maximum Gasteiger partial charge on any atom is 0.325 e. The van der Waals surface area contributed by atoms with Crippen molar-refractivity contribution < 1.29 is 14.4 Å². The van der Waals surface area contributed by atoms with Crippen LogP contribution in [0.25, 0.3) is 0 Å². The molecule has 2 saturated heterocycles. The fraction of sp³-hybridized carbons (Fsp3) is 0.667. The molecule has 0 bridgehead atoms. The van der Waals surface area contributed by atoms with E-state index in [1.54, 1.807) is 0 Å². The quantitative estimate of drug-likeness (QED) is 0.650. The zero-order valence-electron chi connectivity index (χ0n) is 20.4. The van der Waals surface area contributed by atoms with Gasteiger partial charge in [-0.15, -0.1) is 0 Å². The van der Waals surface area contributed by atoms with Crippen LogP contribution in [0, 0.1) is 17.3 Å². The van der Waals surface area contributed by atoms with Gasteiger partial charge in [-0.3, -0.25) is 14.5 Å². The van der Waals surface area contributed by atoms with Crippen LogP contribution in [0.5, 0.6) is 0 Å². The number of likely N-dealkylation sites (tertiary alicyclic amines) is 1. The summed E-state index contributed by atoms with van der Waals surface area (Å²) < 4.78 is 0. The highest BCUT2D eigenvalue weighted by atomic mass is 16.2. The average molecular weight is 454 g/mol. The predicted octanol–water partition coefficient (Wildman–Crippen LogP) is 4.38. The minimum absolute atomic E-state index is 0.116. The normalized spacial score (nSPS) is 26.7. The maximum atomic E-state index is 13.3. The lowest BCUT2D eigenvalue weighted by Gasteiger charge is -2.42. The smallest absolute Gasteiger partial charge is 0.325 e. The summed E-state index contributed by atoms with van der Waals surface area (Å²) in [5.41, 5.74) is 0.777. The Balaban J connectivity index is 1.29. The minimum atomic E-state index is -0.805. The molecule has 3 aliphatic rings. The van der Waals surface area contributed by atoms with Gasteiger partial charge in [0, 0.05) is 13.1 Å². The van der Waals surface area contributed by atoms with E-state index in [4.69, 9.17) is 0 Å². The van der Waals surface area contributed by atoms with Gasteiger partial charge < -0.3 is 10.2 Å². The van der Waals surface area contributed by atoms with Gasteiger partial charge in [0.1, 0.15) is 12.1 Å². The van der Waals surface area contributed by atoms with Crippen molar-refractivity contribution in [1.29, 1.82) is 0 Å². The van der Waals surface area contributed by atoms with E-state index in [1.165, 1.54) is 10.5 Å². The number of rotatable bonds is 6. The SMILES string of the molecule is CCC(C)(C)C1CCC2(CC1)NC(=O)N(CC(=O)N1CCC(Cc3ccccc3)CC1)C2=O. The van der Waals surface area contributed by atoms with Gasteiger partial charge in [0.15, 0.2) is 0 Å². The molecular formula is C27H39N3O3. The van der Waals surface area contributed by atoms with Crippen molar-refractivity contribution in [2.45, 2.75) is 77.7 Å². The van der Waals surface area contributed by atoms with Crippen LogP contribution in [0.4, 0.5) is 4.79 Å². The molecule has 2 aliphatic heterocycles. The van der Waals surface area contributed by atoms with Crippen molar-refractivity contribution in [3.63, 3.8) is 0 Å². The Labute approximate surface area is 198 Å². The van der Waals surface area contributed by atoms with Crippen molar-refractivity contribution in [2.24, 2.45) is 17.3 Å². The molecule has 0 radical (unpaired) electrons. The molecular weight excluding hydrogens is 414 g/mol. The van der Waals surface area contributed by atoms with Crippen LogP contribution < -0.4 is 5.32 Å². The third kappa shape index (κ3) is 4.95. The van der Waals surface area contributed by atoms with E-state index in [9.17, 15) is 14.4 Å². The van der Waals surface area contributed by atoms with E-state index in [-0.39, 0.29) is 23.8 Å². The molecule has 1 aromatic rings. The first-order chi connectivity index (χ1) is 15.7. The lowest BCUT2D eigenvalue weighted by atomic mass is 9.65. The molecule has 2 heterocycles. The zero-order chi connectivity index (χ0) is 23.6. The maximum absolute atomic E-state index is 13.3. The predicted molar refractivity (Wildman–Crippen MR) is 128 cm³/mol. The lowest BCUT2D eigenvalue weighted by Crippen LogP contribution is -2.51. The lowest BCUT2D eigenvalue weighted by molar-refractivity contribution is -0.140. The summed E-state index contributed by atoms with van der Waals surface area (Å²) in [5.74, 6) is 0.812. The van der Waals surface area contributed by atoms with Gasteiger partial charge >= 0.3 is 6.03 Å². The number of piperidine rings is 1. The van der Waals surface area contributed by atoms with Crippen molar-refractivity contribution in [3.8, 4) is 0 Å². The minimum Gasteiger partial charge on any atom is -0.341 e. The van der Waals surface area contributed by atoms with Gasteiger partial charge in [0.05, 0.1) is 0 Å². The monoisotopic (exact) mass is 453 g/mol. The number of carbonyl (C=O) groups excluding carboxylic acids is 3. The number of benzene rings is 1. The zero-order valence-corrected chi connectivity index (χ0v) is 20.4. The largest absolute Gasteiger partial charge is 0.341 e. The number of amides is 4. The third-order valence-corrected chi connectivity index (χ3v) is 8.73. The molecule has 0 unspecified atom stereocenters. The van der Waals surface area contributed by atoms with Crippen LogP contribution in [-0.4, -0.2) is 52.8 Å². The number of imide groups is 1. The van der Waals surface area contributed by atoms with Crippen molar-refractivity contribution >= 4 is 17.8 Å². The highest BCUT2D eigenvalue weighted by molar-refractivity contribution is 6.09. The Bertz CT molecular complexity index is 866. The number of nitrogens with one attached hydrogen (secondary N) is 1. The molecule has 4 rings (SSSR count). The summed E-state index contributed by atoms with van der Waals surface area (Å²) in [6.07, 6.45) is 7.26. The molecule has 0 atom stereocenters. The fourth-order valence-corrected chi connectivity index (χ4v) is 5.91. The van der Waals surface area contributed by atoms with E-state index in [2.05, 4.69) is 50.4 Å². The van der Waals surface area contributed by atoms with E-state index < -0.39 is 11.6 Å². The first-order valence-electron chi connectivity index (χ1n) is 12.7. The number of nitrogens with zero attached hydrogens (tertiary/aromatic N) is 2. The fourth-order valence-electron chi connectivity index (χ4n) is 5.91. The van der Waals surface area contributed by atoms with E-state index >= 15 is 0 Å². The number of carbonyl (C=O) groups is 3. The summed E-state index contributed by atoms with van der Waals surface area (Å²) in [6, 6.07) is 10.1. The van der Waals surface area contributed by atoms with Gasteiger partial charge in [-0.25, -0.2) is 4.79 Å². The first-order valence-corrected chi connectivity index (χ1v) is 12.7. The molecule has 1 spiro atoms. The van der Waals surface area contributed by atoms with E-state index in [1.807, 2.05) is 11.0 Å². The van der Waals surface area contributed by atoms with Crippen LogP contribution in [0.3, 0.4) is 0 Å². The number of urea groups is 1. The first kappa shape index (κ1) is 23.8. The highest BCUT2D eigenvalue weighted by Gasteiger charge is 2.54. The molecule has 1 saturated carbocycles. The van der Waals surface area contributed by atoms with Gasteiger partial charge in [0.25, 0.3) is 5.91 Å². The van der Waals surface area contributed by atoms with Crippen LogP contribution in [0.2, 0.25) is 0 Å². The molecule has 1 aromatic carbocycles. The highest BCUT2D eigenvalue weighted by Crippen LogP contribution is 2.45. The summed E-state index contributed by atoms with van der Waals surface area (Å²) in [5, 5.41) is 2.97. The summed E-state index contributed by atoms with van der Waals surface area (Å²) in [4.78, 5) is 41.9. The molecule has 1 aliphatic carbocycles. The van der Waals surface area contributed by atoms with Crippen molar-refractivity contribution in [3.05, 3.63) is 35.9 Å². The molecule has 3 fully saturated rings. The van der Waals surface area contributed by atoms with Crippen molar-refractivity contribution in [1.82, 2.24) is 15.1 Å². The molecule has 4 amide bonds. The molecule has 180 valence electrons. The Morgan fingerprint density at radius 3 is 2.30 bits per heavy atom. The molecule has 33 heavy (non-hydrogen) atoms. The van der Waals surface area contributed by atoms with Gasteiger partial charge in [0.2, 0.25) is 5.91 Å². The van der Waals surface area contributed by atoms with Gasteiger partial charge in [-0.2, -0.15) is 0 Å². The molecule has 1 N–H and O–H groups in total. The number of hydrogen-bond acceptors (Lipinski definition) is 3. The Morgan fingerprint density at radius 2 is 1.70 bits per heavy atom. The summed E-state index contributed by atoms with van der Waals surface area (Å²) in [7, 11) is 0. The Hall–Kier alpha value is -2.37. The van der Waals surface area contributed by atoms with Crippen LogP contribution in [0.15, 0.2) is 30.3 Å². The van der Waals surface area contributed by atoms with Gasteiger partial charge in [-0.1, -0.05) is 57.5 Å². The second-order valence-corrected chi connectivity index (χ2v) is 11.0. The van der Waals surface area contributed by atoms with Crippen LogP contribution in [-0.2, 0) is 16.0 Å². The topological polar surface area (TPSA) is 69.7 Å². The Morgan fingerprint density at radius 1 is 1.06 bits per heavy atom. The molecule has 6 nitrogen and oxygen atoms in total. The summed E-state index contributed by atoms with van der Waals surface area (Å²) in [6.45, 7) is 8.04. The van der Waals surface area contributed by atoms with Crippen molar-refractivity contribution in [2.75, 3.05) is 19.6 Å². The average Bonchev–Trinajstić information content (AvgIpc) is 3.04. The second kappa shape index (κ2) is 9.47. The second-order valence-electron chi connectivity index (χ2n) is 11.0. The third-order valence-electron chi connectivity index (χ3n) is 8.73.